The van der Waals surface area contributed by atoms with E-state index < -0.39 is 195 Å². The Morgan fingerprint density at radius 1 is 0.274 bits per heavy atom. The third-order valence-corrected chi connectivity index (χ3v) is 13.8. The van der Waals surface area contributed by atoms with Crippen molar-refractivity contribution < 1.29 is 115 Å². The van der Waals surface area contributed by atoms with E-state index in [0.29, 0.717) is 0 Å². The maximum absolute atomic E-state index is 14.2. The molecule has 0 N–H and O–H groups in total. The molecule has 10 aromatic rings. The van der Waals surface area contributed by atoms with E-state index in [1.807, 2.05) is 18.5 Å². The highest BCUT2D eigenvalue weighted by Gasteiger charge is 2.47. The highest BCUT2D eigenvalue weighted by atomic mass is 19.4. The lowest BCUT2D eigenvalue weighted by molar-refractivity contribution is -0.873. The van der Waals surface area contributed by atoms with Crippen molar-refractivity contribution in [1.29, 1.82) is 0 Å². The fourth-order valence-corrected chi connectivity index (χ4v) is 10.1. The molecule has 1 aromatic heterocycles. The third kappa shape index (κ3) is 11.9. The van der Waals surface area contributed by atoms with E-state index >= 15 is 0 Å². The highest BCUT2D eigenvalue weighted by Crippen LogP contribution is 2.43. The minimum absolute atomic E-state index is 0.691. The predicted molar refractivity (Wildman–Crippen MR) is 260 cm³/mol. The first-order valence-corrected chi connectivity index (χ1v) is 23.7. The van der Waals surface area contributed by atoms with Gasteiger partial charge in [-0.15, -0.1) is 0 Å². The molecule has 27 heteroatoms. The van der Waals surface area contributed by atoms with Gasteiger partial charge in [-0.1, -0.05) is 109 Å². The normalized spacial score (nSPS) is 13.5. The van der Waals surface area contributed by atoms with E-state index in [-0.39, 0.29) is 0 Å². The lowest BCUT2D eigenvalue weighted by atomic mass is 9.12. The third-order valence-electron chi connectivity index (χ3n) is 13.8. The Bertz CT molecular complexity index is 3680. The van der Waals surface area contributed by atoms with E-state index in [0.717, 1.165) is 16.5 Å². The number of nitrogens with zero attached hydrogens (tertiary/aromatic N) is 1. The second kappa shape index (κ2) is 20.5. The van der Waals surface area contributed by atoms with Gasteiger partial charge in [0.25, 0.3) is 0 Å². The van der Waals surface area contributed by atoms with Gasteiger partial charge in [0, 0.05) is 21.6 Å². The molecule has 0 aliphatic carbocycles. The predicted octanol–water partition coefficient (Wildman–Crippen LogP) is 17.1. The summed E-state index contributed by atoms with van der Waals surface area (Å²) in [5.41, 5.74) is -30.2. The van der Waals surface area contributed by atoms with Crippen molar-refractivity contribution in [2.45, 2.75) is 49.4 Å². The van der Waals surface area contributed by atoms with Gasteiger partial charge in [-0.3, -0.25) is 0 Å². The smallest absolute Gasteiger partial charge is 0.231 e. The molecule has 0 aliphatic heterocycles. The Kier molecular flexibility index (Phi) is 14.7. The summed E-state index contributed by atoms with van der Waals surface area (Å²) in [5, 5.41) is 9.83. The molecule has 1 heterocycles. The standard InChI is InChI=1S/C32H12BF24.C25H16NO/c34-25(35,36)13-1-14(26(37,38)39)6-21(5-13)33(22-7-15(27(40,41)42)2-16(8-22)28(43,44)45,23-9-17(29(46,47)48)3-18(10-23)30(49,50)51)24-11-19(31(52,53)54)4-20(12-24)32(55,56)57;1-2-5-21-16-26(15-14-17(21)4-1)27-23-13-11-20-9-8-18-6-3-7-19-10-12-22(23)25(20)24(18)19/h1-12H;1-16H/q-1;+1. The van der Waals surface area contributed by atoms with Gasteiger partial charge in [0.15, 0.2) is 0 Å². The summed E-state index contributed by atoms with van der Waals surface area (Å²) >= 11 is 0. The Balaban J connectivity index is 0.000000256. The van der Waals surface area contributed by atoms with E-state index in [1.54, 1.807) is 4.73 Å². The molecule has 0 bridgehead atoms. The highest BCUT2D eigenvalue weighted by molar-refractivity contribution is 7.20. The van der Waals surface area contributed by atoms with Gasteiger partial charge < -0.3 is 0 Å². The van der Waals surface area contributed by atoms with Crippen molar-refractivity contribution in [3.05, 3.63) is 215 Å². The molecule has 84 heavy (non-hydrogen) atoms. The van der Waals surface area contributed by atoms with Crippen LogP contribution >= 0.6 is 0 Å². The number of hydrogen-bond donors (Lipinski definition) is 0. The first-order valence-electron chi connectivity index (χ1n) is 23.7. The maximum atomic E-state index is 14.2. The largest absolute Gasteiger partial charge is 0.416 e. The topological polar surface area (TPSA) is 13.1 Å². The number of fused-ring (bicyclic) bond motifs is 1. The summed E-state index contributed by atoms with van der Waals surface area (Å²) in [7, 11) is 0. The number of benzene rings is 9. The van der Waals surface area contributed by atoms with Gasteiger partial charge in [-0.05, 0) is 69.4 Å². The zero-order valence-electron chi connectivity index (χ0n) is 41.2. The van der Waals surface area contributed by atoms with Crippen LogP contribution in [0.15, 0.2) is 170 Å². The van der Waals surface area contributed by atoms with Crippen molar-refractivity contribution in [3.8, 4) is 5.75 Å². The Labute approximate surface area is 454 Å². The van der Waals surface area contributed by atoms with Gasteiger partial charge in [-0.25, -0.2) is 4.84 Å². The first kappa shape index (κ1) is 60.2. The Hall–Kier alpha value is -8.39. The lowest BCUT2D eigenvalue weighted by Gasteiger charge is -2.46. The molecule has 0 unspecified atom stereocenters. The van der Waals surface area contributed by atoms with Gasteiger partial charge in [0.05, 0.1) is 49.9 Å². The van der Waals surface area contributed by atoms with E-state index in [2.05, 4.69) is 78.9 Å². The monoisotopic (exact) mass is 1210 g/mol. The second-order valence-corrected chi connectivity index (χ2v) is 19.2. The number of halogens is 24. The number of hydrogen-bond acceptors (Lipinski definition) is 1. The molecular formula is C57H28BF24NO. The molecule has 438 valence electrons. The summed E-state index contributed by atoms with van der Waals surface area (Å²) in [4.78, 5) is 6.26. The summed E-state index contributed by atoms with van der Waals surface area (Å²) in [6.45, 7) is 0. The van der Waals surface area contributed by atoms with Crippen LogP contribution in [0.3, 0.4) is 0 Å². The van der Waals surface area contributed by atoms with Crippen molar-refractivity contribution >= 4 is 71.1 Å². The lowest BCUT2D eigenvalue weighted by Crippen LogP contribution is -2.75. The SMILES string of the molecule is FC(F)(F)c1cc([B-](c2cc(C(F)(F)F)cc(C(F)(F)F)c2)(c2cc(C(F)(F)F)cc(C(F)(F)F)c2)c2cc(C(F)(F)F)cc(C(F)(F)F)c2)cc(C(F)(F)F)c1.c1ccc2c[n+](Oc3ccc4ccc5cccc6ccc3c4c56)ccc2c1. The number of aromatic nitrogens is 1. The van der Waals surface area contributed by atoms with E-state index in [1.165, 1.54) is 32.3 Å². The van der Waals surface area contributed by atoms with Crippen LogP contribution in [0.1, 0.15) is 44.5 Å². The summed E-state index contributed by atoms with van der Waals surface area (Å²) in [6.07, 6.45) is -50.8. The summed E-state index contributed by atoms with van der Waals surface area (Å²) < 4.78 is 343. The van der Waals surface area contributed by atoms with Crippen LogP contribution < -0.4 is 31.4 Å². The number of alkyl halides is 24. The second-order valence-electron chi connectivity index (χ2n) is 19.2. The molecule has 10 rings (SSSR count). The van der Waals surface area contributed by atoms with Gasteiger partial charge in [0.2, 0.25) is 18.1 Å². The molecule has 0 fully saturated rings. The van der Waals surface area contributed by atoms with Crippen LogP contribution in [-0.2, 0) is 49.4 Å². The quantitative estimate of drug-likeness (QED) is 0.0700. The molecule has 0 spiro atoms. The molecular weight excluding hydrogens is 1180 g/mol. The minimum Gasteiger partial charge on any atom is -0.231 e. The Morgan fingerprint density at radius 3 is 0.893 bits per heavy atom. The molecule has 0 saturated carbocycles. The van der Waals surface area contributed by atoms with Crippen LogP contribution in [-0.4, -0.2) is 6.15 Å². The zero-order valence-corrected chi connectivity index (χ0v) is 41.2. The minimum atomic E-state index is -6.13. The first-order chi connectivity index (χ1) is 38.6. The molecule has 0 atom stereocenters. The van der Waals surface area contributed by atoms with Gasteiger partial charge >= 0.3 is 49.4 Å². The Morgan fingerprint density at radius 2 is 0.560 bits per heavy atom. The van der Waals surface area contributed by atoms with Crippen LogP contribution in [0.25, 0.3) is 43.1 Å². The van der Waals surface area contributed by atoms with Crippen LogP contribution in [0.5, 0.6) is 5.75 Å². The summed E-state index contributed by atoms with van der Waals surface area (Å²) in [6, 6.07) is 21.0. The average molecular weight is 1210 g/mol. The fourth-order valence-electron chi connectivity index (χ4n) is 10.1. The molecule has 9 aromatic carbocycles. The van der Waals surface area contributed by atoms with Crippen LogP contribution in [0, 0.1) is 0 Å². The molecule has 0 radical (unpaired) electrons. The average Bonchev–Trinajstić information content (AvgIpc) is 0.770. The number of rotatable bonds is 6. The molecule has 2 nitrogen and oxygen atoms in total. The fraction of sp³-hybridized carbons (Fsp3) is 0.140. The van der Waals surface area contributed by atoms with Crippen molar-refractivity contribution in [2.24, 2.45) is 0 Å². The summed E-state index contributed by atoms with van der Waals surface area (Å²) in [5.74, 6) is 0.862. The van der Waals surface area contributed by atoms with Crippen molar-refractivity contribution in [3.63, 3.8) is 0 Å². The van der Waals surface area contributed by atoms with E-state index in [4.69, 9.17) is 4.84 Å². The van der Waals surface area contributed by atoms with E-state index in [9.17, 15) is 105 Å². The molecule has 0 aliphatic rings. The van der Waals surface area contributed by atoms with Crippen molar-refractivity contribution in [2.75, 3.05) is 0 Å². The number of pyridine rings is 1. The van der Waals surface area contributed by atoms with Crippen molar-refractivity contribution in [1.82, 2.24) is 0 Å². The van der Waals surface area contributed by atoms with Gasteiger partial charge in [-0.2, -0.15) is 127 Å². The molecule has 0 amide bonds. The van der Waals surface area contributed by atoms with Gasteiger partial charge in [0.1, 0.15) is 6.15 Å². The molecule has 0 saturated heterocycles. The van der Waals surface area contributed by atoms with Crippen LogP contribution in [0.4, 0.5) is 105 Å². The van der Waals surface area contributed by atoms with Crippen LogP contribution in [0.2, 0.25) is 0 Å². The maximum Gasteiger partial charge on any atom is 0.416 e. The zero-order chi connectivity index (χ0) is 61.7.